The maximum absolute atomic E-state index is 13.8. The molecule has 0 spiro atoms. The normalized spacial score (nSPS) is 11.1. The van der Waals surface area contributed by atoms with Gasteiger partial charge in [-0.3, -0.25) is 4.79 Å². The minimum absolute atomic E-state index is 0.0858. The number of rotatable bonds is 3. The van der Waals surface area contributed by atoms with Crippen molar-refractivity contribution in [1.29, 1.82) is 0 Å². The molecular weight excluding hydrogens is 372 g/mol. The number of hydrogen-bond acceptors (Lipinski definition) is 5. The number of halogens is 2. The third-order valence-electron chi connectivity index (χ3n) is 4.10. The summed E-state index contributed by atoms with van der Waals surface area (Å²) in [5, 5.41) is 3.26. The van der Waals surface area contributed by atoms with Gasteiger partial charge in [0.2, 0.25) is 0 Å². The molecule has 0 aliphatic carbocycles. The Hall–Kier alpha value is -3.13. The fourth-order valence-electron chi connectivity index (χ4n) is 2.84. The molecule has 3 aromatic heterocycles. The Morgan fingerprint density at radius 3 is 2.70 bits per heavy atom. The molecule has 1 N–H and O–H groups in total. The van der Waals surface area contributed by atoms with E-state index in [9.17, 15) is 13.6 Å². The van der Waals surface area contributed by atoms with Crippen LogP contribution in [0.4, 0.5) is 14.5 Å². The molecule has 27 heavy (non-hydrogen) atoms. The highest BCUT2D eigenvalue weighted by Crippen LogP contribution is 2.33. The third-order valence-corrected chi connectivity index (χ3v) is 5.28. The average molecular weight is 385 g/mol. The van der Waals surface area contributed by atoms with E-state index in [4.69, 9.17) is 4.42 Å². The number of benzene rings is 1. The maximum atomic E-state index is 13.8. The van der Waals surface area contributed by atoms with Gasteiger partial charge >= 0.3 is 0 Å². The van der Waals surface area contributed by atoms with Gasteiger partial charge in [-0.15, -0.1) is 11.3 Å². The number of carbonyl (C=O) groups excluding carboxylic acids is 1. The number of amides is 1. The molecule has 1 aromatic carbocycles. The fourth-order valence-corrected chi connectivity index (χ4v) is 3.97. The van der Waals surface area contributed by atoms with Crippen LogP contribution in [0.15, 0.2) is 41.0 Å². The van der Waals surface area contributed by atoms with E-state index in [1.165, 1.54) is 23.7 Å². The lowest BCUT2D eigenvalue weighted by atomic mass is 10.1. The molecular formula is C19H13F2N3O2S. The van der Waals surface area contributed by atoms with Crippen molar-refractivity contribution in [2.24, 2.45) is 0 Å². The lowest BCUT2D eigenvalue weighted by molar-refractivity contribution is 0.102. The van der Waals surface area contributed by atoms with Gasteiger partial charge in [0.15, 0.2) is 11.6 Å². The zero-order valence-electron chi connectivity index (χ0n) is 14.3. The number of carbonyl (C=O) groups is 1. The predicted octanol–water partition coefficient (Wildman–Crippen LogP) is 5.10. The molecule has 0 atom stereocenters. The number of fused-ring (bicyclic) bond motifs is 1. The average Bonchev–Trinajstić information content (AvgIpc) is 3.26. The molecule has 4 rings (SSSR count). The van der Waals surface area contributed by atoms with Crippen LogP contribution >= 0.6 is 11.3 Å². The molecule has 0 unspecified atom stereocenters. The van der Waals surface area contributed by atoms with Crippen LogP contribution in [0.5, 0.6) is 0 Å². The summed E-state index contributed by atoms with van der Waals surface area (Å²) in [4.78, 5) is 22.6. The molecule has 1 amide bonds. The van der Waals surface area contributed by atoms with Crippen molar-refractivity contribution in [3.8, 4) is 11.6 Å². The number of anilines is 1. The molecule has 0 radical (unpaired) electrons. The summed E-state index contributed by atoms with van der Waals surface area (Å²) in [6, 6.07) is 6.49. The second-order valence-electron chi connectivity index (χ2n) is 5.92. The molecule has 4 aromatic rings. The van der Waals surface area contributed by atoms with Crippen LogP contribution in [0.25, 0.3) is 21.8 Å². The van der Waals surface area contributed by atoms with E-state index in [0.29, 0.717) is 32.5 Å². The van der Waals surface area contributed by atoms with Gasteiger partial charge in [0.1, 0.15) is 16.5 Å². The second-order valence-corrected chi connectivity index (χ2v) is 6.92. The molecule has 0 aliphatic heterocycles. The molecule has 5 nitrogen and oxygen atoms in total. The third kappa shape index (κ3) is 3.08. The standard InChI is InChI=1S/C19H13F2N3O2S/c1-9-15-10(2)22-17(14-4-3-7-26-14)24-19(15)27-16(9)18(25)23-13-6-5-11(20)8-12(13)21/h3-8H,1-2H3,(H,23,25). The molecule has 0 saturated carbocycles. The van der Waals surface area contributed by atoms with Crippen molar-refractivity contribution in [3.05, 3.63) is 64.4 Å². The van der Waals surface area contributed by atoms with Gasteiger partial charge in [-0.1, -0.05) is 0 Å². The summed E-state index contributed by atoms with van der Waals surface area (Å²) in [7, 11) is 0. The maximum Gasteiger partial charge on any atom is 0.266 e. The van der Waals surface area contributed by atoms with Crippen molar-refractivity contribution in [3.63, 3.8) is 0 Å². The minimum Gasteiger partial charge on any atom is -0.461 e. The minimum atomic E-state index is -0.835. The van der Waals surface area contributed by atoms with Gasteiger partial charge < -0.3 is 9.73 Å². The van der Waals surface area contributed by atoms with E-state index in [1.807, 2.05) is 6.92 Å². The number of hydrogen-bond donors (Lipinski definition) is 1. The Bertz CT molecular complexity index is 1170. The highest BCUT2D eigenvalue weighted by Gasteiger charge is 2.21. The summed E-state index contributed by atoms with van der Waals surface area (Å²) >= 11 is 1.18. The number of nitrogens with one attached hydrogen (secondary N) is 1. The van der Waals surface area contributed by atoms with Crippen molar-refractivity contribution in [2.45, 2.75) is 13.8 Å². The Morgan fingerprint density at radius 2 is 2.00 bits per heavy atom. The van der Waals surface area contributed by atoms with E-state index in [0.717, 1.165) is 17.5 Å². The number of aromatic nitrogens is 2. The first-order valence-corrected chi connectivity index (χ1v) is 8.83. The highest BCUT2D eigenvalue weighted by atomic mass is 32.1. The van der Waals surface area contributed by atoms with Crippen molar-refractivity contribution in [2.75, 3.05) is 5.32 Å². The molecule has 0 aliphatic rings. The Labute approximate surface area is 156 Å². The topological polar surface area (TPSA) is 68.0 Å². The lowest BCUT2D eigenvalue weighted by Crippen LogP contribution is -2.12. The van der Waals surface area contributed by atoms with Crippen LogP contribution in [0.2, 0.25) is 0 Å². The molecule has 0 bridgehead atoms. The predicted molar refractivity (Wildman–Crippen MR) is 98.9 cm³/mol. The summed E-state index contributed by atoms with van der Waals surface area (Å²) in [5.74, 6) is -1.06. The van der Waals surface area contributed by atoms with E-state index < -0.39 is 17.5 Å². The fraction of sp³-hybridized carbons (Fsp3) is 0.105. The van der Waals surface area contributed by atoms with E-state index in [-0.39, 0.29) is 5.69 Å². The monoisotopic (exact) mass is 385 g/mol. The molecule has 3 heterocycles. The van der Waals surface area contributed by atoms with Gasteiger partial charge in [0.25, 0.3) is 5.91 Å². The zero-order chi connectivity index (χ0) is 19.1. The first kappa shape index (κ1) is 17.3. The van der Waals surface area contributed by atoms with Crippen LogP contribution in [0.1, 0.15) is 20.9 Å². The second kappa shape index (κ2) is 6.55. The van der Waals surface area contributed by atoms with Gasteiger partial charge in [-0.25, -0.2) is 18.7 Å². The van der Waals surface area contributed by atoms with Gasteiger partial charge in [-0.05, 0) is 43.7 Å². The molecule has 0 fully saturated rings. The van der Waals surface area contributed by atoms with Crippen molar-refractivity contribution in [1.82, 2.24) is 9.97 Å². The van der Waals surface area contributed by atoms with Crippen LogP contribution in [-0.2, 0) is 0 Å². The van der Waals surface area contributed by atoms with Crippen molar-refractivity contribution >= 4 is 33.1 Å². The molecule has 136 valence electrons. The van der Waals surface area contributed by atoms with Gasteiger partial charge in [0, 0.05) is 11.5 Å². The Morgan fingerprint density at radius 1 is 1.19 bits per heavy atom. The zero-order valence-corrected chi connectivity index (χ0v) is 15.2. The van der Waals surface area contributed by atoms with Gasteiger partial charge in [0.05, 0.1) is 22.5 Å². The van der Waals surface area contributed by atoms with E-state index in [1.54, 1.807) is 19.1 Å². The first-order chi connectivity index (χ1) is 12.9. The summed E-state index contributed by atoms with van der Waals surface area (Å²) in [6.07, 6.45) is 1.54. The lowest BCUT2D eigenvalue weighted by Gasteiger charge is -2.06. The first-order valence-electron chi connectivity index (χ1n) is 8.02. The van der Waals surface area contributed by atoms with E-state index in [2.05, 4.69) is 15.3 Å². The Balaban J connectivity index is 1.74. The summed E-state index contributed by atoms with van der Waals surface area (Å²) in [5.41, 5.74) is 1.34. The molecule has 8 heteroatoms. The number of nitrogens with zero attached hydrogens (tertiary/aromatic N) is 2. The van der Waals surface area contributed by atoms with Crippen LogP contribution in [-0.4, -0.2) is 15.9 Å². The van der Waals surface area contributed by atoms with Crippen molar-refractivity contribution < 1.29 is 18.0 Å². The SMILES string of the molecule is Cc1nc(-c2ccco2)nc2sc(C(=O)Nc3ccc(F)cc3F)c(C)c12. The molecule has 0 saturated heterocycles. The van der Waals surface area contributed by atoms with Crippen LogP contribution in [0.3, 0.4) is 0 Å². The van der Waals surface area contributed by atoms with Gasteiger partial charge in [-0.2, -0.15) is 0 Å². The van der Waals surface area contributed by atoms with E-state index >= 15 is 0 Å². The smallest absolute Gasteiger partial charge is 0.266 e. The number of thiophene rings is 1. The summed E-state index contributed by atoms with van der Waals surface area (Å²) < 4.78 is 32.2. The Kier molecular flexibility index (Phi) is 4.19. The quantitative estimate of drug-likeness (QED) is 0.533. The van der Waals surface area contributed by atoms with Crippen LogP contribution < -0.4 is 5.32 Å². The largest absolute Gasteiger partial charge is 0.461 e. The van der Waals surface area contributed by atoms with Crippen LogP contribution in [0, 0.1) is 25.5 Å². The highest BCUT2D eigenvalue weighted by molar-refractivity contribution is 7.20. The summed E-state index contributed by atoms with van der Waals surface area (Å²) in [6.45, 7) is 3.62. The number of furan rings is 1. The number of aryl methyl sites for hydroxylation is 2.